The Morgan fingerprint density at radius 1 is 0.738 bits per heavy atom. The molecule has 0 saturated heterocycles. The Morgan fingerprint density at radius 2 is 1.33 bits per heavy atom. The van der Waals surface area contributed by atoms with Crippen molar-refractivity contribution >= 4 is 68.7 Å². The van der Waals surface area contributed by atoms with E-state index in [9.17, 15) is 34.8 Å². The number of aliphatic hydroxyl groups excluding tert-OH is 2. The molecule has 4 N–H and O–H groups in total. The van der Waals surface area contributed by atoms with Crippen molar-refractivity contribution in [2.45, 2.75) is 112 Å². The largest absolute Gasteiger partial charge is 2.00 e. The molecule has 3 aromatic rings. The first-order chi connectivity index (χ1) is 28.6. The van der Waals surface area contributed by atoms with Crippen molar-refractivity contribution in [3.05, 3.63) is 111 Å². The Labute approximate surface area is 368 Å². The molecule has 61 heavy (non-hydrogen) atoms. The summed E-state index contributed by atoms with van der Waals surface area (Å²) in [6.45, 7) is 16.0. The molecule has 0 aliphatic carbocycles. The molecule has 0 fully saturated rings. The molecule has 3 aromatic heterocycles. The fourth-order valence-corrected chi connectivity index (χ4v) is 7.78. The Hall–Kier alpha value is -5.39. The zero-order valence-corrected chi connectivity index (χ0v) is 37.0. The first-order valence-corrected chi connectivity index (χ1v) is 20.5. The molecule has 0 radical (unpaired) electrons. The number of carbonyl (C=O) groups excluding carboxylic acids is 1. The summed E-state index contributed by atoms with van der Waals surface area (Å²) in [4.78, 5) is 56.0. The van der Waals surface area contributed by atoms with Gasteiger partial charge in [0.2, 0.25) is 0 Å². The van der Waals surface area contributed by atoms with E-state index < -0.39 is 18.0 Å². The number of hydrogen-bond acceptors (Lipinski definition) is 7. The van der Waals surface area contributed by atoms with Crippen molar-refractivity contribution in [3.8, 4) is 0 Å². The van der Waals surface area contributed by atoms with Gasteiger partial charge >= 0.3 is 29.0 Å². The van der Waals surface area contributed by atoms with Crippen molar-refractivity contribution in [2.75, 3.05) is 6.61 Å². The Morgan fingerprint density at radius 3 is 1.97 bits per heavy atom. The van der Waals surface area contributed by atoms with Gasteiger partial charge in [0.15, 0.2) is 0 Å². The summed E-state index contributed by atoms with van der Waals surface area (Å²) >= 11 is 0. The third kappa shape index (κ3) is 11.9. The van der Waals surface area contributed by atoms with Gasteiger partial charge in [-0.05, 0) is 121 Å². The van der Waals surface area contributed by atoms with Gasteiger partial charge < -0.3 is 30.4 Å². The van der Waals surface area contributed by atoms with Crippen molar-refractivity contribution < 1.29 is 51.9 Å². The van der Waals surface area contributed by atoms with Gasteiger partial charge in [0.1, 0.15) is 6.29 Å². The number of aldehydes is 1. The number of fused-ring (bicyclic) bond motifs is 8. The fourth-order valence-electron chi connectivity index (χ4n) is 7.78. The second-order valence-corrected chi connectivity index (χ2v) is 15.8. The second kappa shape index (κ2) is 21.9. The predicted molar refractivity (Wildman–Crippen MR) is 239 cm³/mol. The molecule has 0 amide bonds. The summed E-state index contributed by atoms with van der Waals surface area (Å²) < 4.78 is 0. The minimum absolute atomic E-state index is 0. The van der Waals surface area contributed by atoms with E-state index >= 15 is 0 Å². The van der Waals surface area contributed by atoms with Crippen LogP contribution in [0.25, 0.3) is 50.4 Å². The van der Waals surface area contributed by atoms with Crippen molar-refractivity contribution in [1.82, 2.24) is 19.9 Å². The number of aliphatic carboxylic acids is 2. The van der Waals surface area contributed by atoms with E-state index in [2.05, 4.69) is 39.5 Å². The zero-order chi connectivity index (χ0) is 43.7. The summed E-state index contributed by atoms with van der Waals surface area (Å²) in [7, 11) is 0. The maximum Gasteiger partial charge on any atom is 2.00 e. The maximum atomic E-state index is 12.8. The van der Waals surface area contributed by atoms with Crippen molar-refractivity contribution in [2.24, 2.45) is 0 Å². The SMILES string of the molecule is C=Cc1c(C)c2cc3nc(cc4[n-]c(cc5nc(cc1[n-]2)C(C)=C5CCC(=O)O)c(CCC(=O)O)c4C=O)C(C)=C3[C@@H](O)CC/C=C(\CO)CC/C=C(\C)CCC=C(C)C.[Fe+2]. The molecule has 5 heterocycles. The van der Waals surface area contributed by atoms with Crippen LogP contribution < -0.4 is 9.97 Å². The number of carbonyl (C=O) groups is 3. The zero-order valence-electron chi connectivity index (χ0n) is 35.9. The summed E-state index contributed by atoms with van der Waals surface area (Å²) in [5, 5.41) is 41.2. The van der Waals surface area contributed by atoms with Gasteiger partial charge in [-0.25, -0.2) is 9.97 Å². The molecular formula is C49H56FeN4O7. The van der Waals surface area contributed by atoms with E-state index in [-0.39, 0.29) is 60.4 Å². The first-order valence-electron chi connectivity index (χ1n) is 20.5. The molecule has 5 rings (SSSR count). The van der Waals surface area contributed by atoms with Gasteiger partial charge in [0.25, 0.3) is 0 Å². The number of allylic oxidation sites excluding steroid dienone is 8. The van der Waals surface area contributed by atoms with Gasteiger partial charge in [0, 0.05) is 24.0 Å². The van der Waals surface area contributed by atoms with E-state index in [4.69, 9.17) is 19.9 Å². The number of nitrogens with zero attached hydrogens (tertiary/aromatic N) is 4. The number of hydrogen-bond donors (Lipinski definition) is 4. The first kappa shape index (κ1) is 48.3. The molecule has 0 saturated carbocycles. The smallest absolute Gasteiger partial charge is 0.657 e. The van der Waals surface area contributed by atoms with Crippen LogP contribution in [0.4, 0.5) is 0 Å². The van der Waals surface area contributed by atoms with Crippen LogP contribution in [0, 0.1) is 6.92 Å². The van der Waals surface area contributed by atoms with Crippen LogP contribution in [0.2, 0.25) is 0 Å². The third-order valence-corrected chi connectivity index (χ3v) is 11.2. The van der Waals surface area contributed by atoms with Gasteiger partial charge in [-0.2, -0.15) is 0 Å². The number of aliphatic hydroxyl groups is 2. The molecule has 1 atom stereocenters. The summed E-state index contributed by atoms with van der Waals surface area (Å²) in [5.74, 6) is -2.00. The summed E-state index contributed by atoms with van der Waals surface area (Å²) in [6, 6.07) is 7.04. The molecule has 322 valence electrons. The van der Waals surface area contributed by atoms with Crippen LogP contribution >= 0.6 is 0 Å². The van der Waals surface area contributed by atoms with Crippen molar-refractivity contribution in [1.29, 1.82) is 0 Å². The third-order valence-electron chi connectivity index (χ3n) is 11.2. The molecular weight excluding hydrogens is 812 g/mol. The quantitative estimate of drug-likeness (QED) is 0.0511. The van der Waals surface area contributed by atoms with E-state index in [1.54, 1.807) is 18.2 Å². The van der Waals surface area contributed by atoms with E-state index in [1.807, 2.05) is 39.0 Å². The number of carboxylic acids is 2. The summed E-state index contributed by atoms with van der Waals surface area (Å²) in [6.07, 6.45) is 12.2. The number of aryl methyl sites for hydroxylation is 2. The van der Waals surface area contributed by atoms with Gasteiger partial charge in [0.05, 0.1) is 35.5 Å². The number of aromatic nitrogens is 4. The molecule has 12 heteroatoms. The monoisotopic (exact) mass is 868 g/mol. The van der Waals surface area contributed by atoms with Gasteiger partial charge in [-0.15, -0.1) is 22.1 Å². The standard InChI is InChI=1S/C49H58N4O7.Fe/c1-8-34-30(5)39-24-45-49(46(56)17-11-16-33(26-54)15-10-14-29(4)13-9-12-28(2)3)32(7)40(52-45)23-44-37(27-55)36(19-21-48(59)60)43(53-44)25-42-35(18-20-47(57)58)31(6)38(51-42)22-41(34)50-39;/h8,12,14,16,22-25,27,46,54,56H,1,9-11,13,15,17-21,26H2,2-7H3,(H4,50,51,52,53,55,57,58,59,60);/q;+2/p-2/b29-14+,33-16-,38-22?,39-24?,40-23?,41-22?,42-25?,43-25?,44-23?,45-24?;/t46-;/m0./s1. The number of carboxylic acid groups (broad SMARTS) is 2. The predicted octanol–water partition coefficient (Wildman–Crippen LogP) is 9.61. The van der Waals surface area contributed by atoms with Crippen LogP contribution in [-0.2, 0) is 33.1 Å². The Bertz CT molecular complexity index is 2510. The Kier molecular flexibility index (Phi) is 17.4. The van der Waals surface area contributed by atoms with Crippen LogP contribution in [0.5, 0.6) is 0 Å². The van der Waals surface area contributed by atoms with E-state index in [0.717, 1.165) is 48.0 Å². The van der Waals surface area contributed by atoms with Crippen LogP contribution in [-0.4, -0.2) is 61.3 Å². The normalized spacial score (nSPS) is 13.6. The molecule has 0 unspecified atom stereocenters. The topological polar surface area (TPSA) is 186 Å². The van der Waals surface area contributed by atoms with Crippen LogP contribution in [0.1, 0.15) is 142 Å². The van der Waals surface area contributed by atoms with Crippen molar-refractivity contribution in [3.63, 3.8) is 0 Å². The molecule has 8 bridgehead atoms. The molecule has 0 aromatic carbocycles. The number of rotatable bonds is 19. The second-order valence-electron chi connectivity index (χ2n) is 15.8. The molecule has 2 aliphatic heterocycles. The average molecular weight is 869 g/mol. The molecule has 0 spiro atoms. The Balaban J connectivity index is 0.00000819. The molecule has 2 aliphatic rings. The molecule has 11 nitrogen and oxygen atoms in total. The van der Waals surface area contributed by atoms with E-state index in [1.165, 1.54) is 11.1 Å². The van der Waals surface area contributed by atoms with Gasteiger partial charge in [-0.3, -0.25) is 14.4 Å². The van der Waals surface area contributed by atoms with Crippen LogP contribution in [0.15, 0.2) is 65.8 Å². The van der Waals surface area contributed by atoms with Crippen LogP contribution in [0.3, 0.4) is 0 Å². The maximum absolute atomic E-state index is 12.8. The van der Waals surface area contributed by atoms with Gasteiger partial charge in [-0.1, -0.05) is 77.4 Å². The minimum atomic E-state index is -1.04. The average Bonchev–Trinajstić information content (AvgIpc) is 3.87. The summed E-state index contributed by atoms with van der Waals surface area (Å²) in [5.41, 5.74) is 12.5. The minimum Gasteiger partial charge on any atom is -0.657 e. The van der Waals surface area contributed by atoms with E-state index in [0.29, 0.717) is 80.7 Å². The fraction of sp³-hybridized carbons (Fsp3) is 0.367.